The first-order valence-electron chi connectivity index (χ1n) is 6.53. The van der Waals surface area contributed by atoms with Crippen molar-refractivity contribution in [2.24, 2.45) is 0 Å². The molecule has 0 aliphatic heterocycles. The number of hydrogen-bond acceptors (Lipinski definition) is 4. The van der Waals surface area contributed by atoms with Crippen LogP contribution < -0.4 is 5.76 Å². The number of carbonyl (C=O) groups is 1. The van der Waals surface area contributed by atoms with Gasteiger partial charge in [-0.2, -0.15) is 0 Å². The van der Waals surface area contributed by atoms with E-state index >= 15 is 0 Å². The number of hydrogen-bond donors (Lipinski definition) is 0. The van der Waals surface area contributed by atoms with E-state index in [4.69, 9.17) is 8.83 Å². The van der Waals surface area contributed by atoms with Gasteiger partial charge in [0.15, 0.2) is 16.0 Å². The molecule has 0 saturated heterocycles. The normalized spacial score (nSPS) is 11.1. The van der Waals surface area contributed by atoms with Crippen LogP contribution in [0.25, 0.3) is 11.1 Å². The van der Waals surface area contributed by atoms with E-state index in [1.807, 2.05) is 6.92 Å². The van der Waals surface area contributed by atoms with E-state index in [0.29, 0.717) is 33.4 Å². The number of fused-ring (bicyclic) bond motifs is 1. The molecule has 0 unspecified atom stereocenters. The number of aryl methyl sites for hydroxylation is 1. The lowest BCUT2D eigenvalue weighted by Crippen LogP contribution is -2.13. The monoisotopic (exact) mass is 349 g/mol. The van der Waals surface area contributed by atoms with Crippen molar-refractivity contribution in [3.8, 4) is 0 Å². The zero-order valence-electron chi connectivity index (χ0n) is 11.3. The number of benzene rings is 1. The first-order valence-corrected chi connectivity index (χ1v) is 7.32. The average Bonchev–Trinajstić information content (AvgIpc) is 3.02. The van der Waals surface area contributed by atoms with Crippen molar-refractivity contribution in [3.05, 3.63) is 56.9 Å². The molecule has 5 nitrogen and oxygen atoms in total. The van der Waals surface area contributed by atoms with Crippen LogP contribution in [-0.2, 0) is 6.54 Å². The molecule has 0 N–H and O–H groups in total. The summed E-state index contributed by atoms with van der Waals surface area (Å²) in [5, 5.41) is 0. The van der Waals surface area contributed by atoms with Gasteiger partial charge in [0.05, 0.1) is 17.3 Å². The smallest absolute Gasteiger partial charge is 0.419 e. The Morgan fingerprint density at radius 1 is 1.33 bits per heavy atom. The van der Waals surface area contributed by atoms with Gasteiger partial charge >= 0.3 is 5.76 Å². The Balaban J connectivity index is 2.08. The zero-order valence-corrected chi connectivity index (χ0v) is 12.8. The topological polar surface area (TPSA) is 65.3 Å². The average molecular weight is 350 g/mol. The second-order valence-electron chi connectivity index (χ2n) is 4.64. The highest BCUT2D eigenvalue weighted by Crippen LogP contribution is 2.23. The standard InChI is InChI=1S/C15H12BrNO4/c1-2-6-17-11-4-3-9(8-12(11)21-15(17)19)13(18)10-5-7-20-14(10)16/h3-5,7-8H,2,6H2,1H3. The molecule has 21 heavy (non-hydrogen) atoms. The maximum atomic E-state index is 12.4. The van der Waals surface area contributed by atoms with Gasteiger partial charge in [-0.05, 0) is 46.6 Å². The summed E-state index contributed by atoms with van der Waals surface area (Å²) in [6.07, 6.45) is 2.27. The largest absolute Gasteiger partial charge is 0.457 e. The van der Waals surface area contributed by atoms with E-state index in [0.717, 1.165) is 6.42 Å². The molecule has 0 aliphatic rings. The number of oxazole rings is 1. The molecule has 2 heterocycles. The summed E-state index contributed by atoms with van der Waals surface area (Å²) < 4.78 is 12.2. The summed E-state index contributed by atoms with van der Waals surface area (Å²) in [4.78, 5) is 24.2. The second-order valence-corrected chi connectivity index (χ2v) is 5.36. The quantitative estimate of drug-likeness (QED) is 0.675. The summed E-state index contributed by atoms with van der Waals surface area (Å²) in [6.45, 7) is 2.58. The molecule has 108 valence electrons. The third-order valence-electron chi connectivity index (χ3n) is 3.24. The lowest BCUT2D eigenvalue weighted by Gasteiger charge is -2.01. The molecule has 0 amide bonds. The van der Waals surface area contributed by atoms with Crippen LogP contribution in [0.3, 0.4) is 0 Å². The highest BCUT2D eigenvalue weighted by molar-refractivity contribution is 9.10. The van der Waals surface area contributed by atoms with Gasteiger partial charge in [0, 0.05) is 12.1 Å². The van der Waals surface area contributed by atoms with Crippen molar-refractivity contribution < 1.29 is 13.6 Å². The van der Waals surface area contributed by atoms with E-state index in [9.17, 15) is 9.59 Å². The van der Waals surface area contributed by atoms with Gasteiger partial charge < -0.3 is 8.83 Å². The number of halogens is 1. The Bertz CT molecular complexity index is 871. The van der Waals surface area contributed by atoms with Crippen molar-refractivity contribution >= 4 is 32.8 Å². The molecule has 2 aromatic heterocycles. The lowest BCUT2D eigenvalue weighted by atomic mass is 10.1. The van der Waals surface area contributed by atoms with E-state index < -0.39 is 5.76 Å². The summed E-state index contributed by atoms with van der Waals surface area (Å²) in [5.74, 6) is -0.593. The van der Waals surface area contributed by atoms with Crippen molar-refractivity contribution in [1.82, 2.24) is 4.57 Å². The van der Waals surface area contributed by atoms with Crippen LogP contribution >= 0.6 is 15.9 Å². The summed E-state index contributed by atoms with van der Waals surface area (Å²) >= 11 is 3.19. The fourth-order valence-electron chi connectivity index (χ4n) is 2.25. The molecule has 0 bridgehead atoms. The van der Waals surface area contributed by atoms with Gasteiger partial charge in [0.1, 0.15) is 0 Å². The maximum absolute atomic E-state index is 12.4. The highest BCUT2D eigenvalue weighted by Gasteiger charge is 2.17. The van der Waals surface area contributed by atoms with Crippen molar-refractivity contribution in [3.63, 3.8) is 0 Å². The van der Waals surface area contributed by atoms with E-state index in [1.54, 1.807) is 28.8 Å². The summed E-state index contributed by atoms with van der Waals surface area (Å²) in [7, 11) is 0. The van der Waals surface area contributed by atoms with Crippen molar-refractivity contribution in [2.45, 2.75) is 19.9 Å². The Hall–Kier alpha value is -2.08. The molecule has 1 aromatic carbocycles. The molecule has 0 spiro atoms. The van der Waals surface area contributed by atoms with Crippen LogP contribution in [0.5, 0.6) is 0 Å². The first kappa shape index (κ1) is 13.9. The Kier molecular flexibility index (Phi) is 3.55. The molecule has 0 radical (unpaired) electrons. The molecular formula is C15H12BrNO4. The highest BCUT2D eigenvalue weighted by atomic mass is 79.9. The number of furan rings is 1. The van der Waals surface area contributed by atoms with Crippen molar-refractivity contribution in [1.29, 1.82) is 0 Å². The van der Waals surface area contributed by atoms with Crippen LogP contribution in [0.15, 0.2) is 48.8 Å². The maximum Gasteiger partial charge on any atom is 0.419 e. The molecule has 0 saturated carbocycles. The van der Waals surface area contributed by atoms with Crippen LogP contribution in [0.2, 0.25) is 0 Å². The fourth-order valence-corrected chi connectivity index (χ4v) is 2.67. The Labute approximate surface area is 128 Å². The number of nitrogens with zero attached hydrogens (tertiary/aromatic N) is 1. The molecule has 3 rings (SSSR count). The minimum atomic E-state index is -0.402. The predicted octanol–water partition coefficient (Wildman–Crippen LogP) is 3.59. The Morgan fingerprint density at radius 2 is 2.14 bits per heavy atom. The van der Waals surface area contributed by atoms with E-state index in [1.165, 1.54) is 6.26 Å². The van der Waals surface area contributed by atoms with Gasteiger partial charge in [-0.25, -0.2) is 4.79 Å². The predicted molar refractivity (Wildman–Crippen MR) is 80.6 cm³/mol. The third-order valence-corrected chi connectivity index (χ3v) is 3.85. The molecule has 6 heteroatoms. The summed E-state index contributed by atoms with van der Waals surface area (Å²) in [5.41, 5.74) is 2.00. The number of carbonyl (C=O) groups excluding carboxylic acids is 1. The fraction of sp³-hybridized carbons (Fsp3) is 0.200. The van der Waals surface area contributed by atoms with Gasteiger partial charge in [-0.15, -0.1) is 0 Å². The third kappa shape index (κ3) is 2.35. The molecular weight excluding hydrogens is 338 g/mol. The molecule has 3 aromatic rings. The minimum absolute atomic E-state index is 0.191. The molecule has 0 atom stereocenters. The second kappa shape index (κ2) is 5.37. The number of ketones is 1. The van der Waals surface area contributed by atoms with E-state index in [-0.39, 0.29) is 5.78 Å². The van der Waals surface area contributed by atoms with Gasteiger partial charge in [0.2, 0.25) is 0 Å². The van der Waals surface area contributed by atoms with Gasteiger partial charge in [-0.3, -0.25) is 9.36 Å². The van der Waals surface area contributed by atoms with Crippen LogP contribution in [0, 0.1) is 0 Å². The van der Waals surface area contributed by atoms with Crippen LogP contribution in [-0.4, -0.2) is 10.4 Å². The first-order chi connectivity index (χ1) is 10.1. The SMILES string of the molecule is CCCn1c(=O)oc2cc(C(=O)c3ccoc3Br)ccc21. The van der Waals surface area contributed by atoms with Gasteiger partial charge in [0.25, 0.3) is 0 Å². The molecule has 0 fully saturated rings. The number of aromatic nitrogens is 1. The lowest BCUT2D eigenvalue weighted by molar-refractivity contribution is 0.103. The van der Waals surface area contributed by atoms with E-state index in [2.05, 4.69) is 15.9 Å². The summed E-state index contributed by atoms with van der Waals surface area (Å²) in [6, 6.07) is 6.60. The zero-order chi connectivity index (χ0) is 15.0. The minimum Gasteiger partial charge on any atom is -0.457 e. The van der Waals surface area contributed by atoms with Crippen LogP contribution in [0.4, 0.5) is 0 Å². The molecule has 0 aliphatic carbocycles. The Morgan fingerprint density at radius 3 is 2.81 bits per heavy atom. The van der Waals surface area contributed by atoms with Crippen molar-refractivity contribution in [2.75, 3.05) is 0 Å². The van der Waals surface area contributed by atoms with Crippen LogP contribution in [0.1, 0.15) is 29.3 Å². The van der Waals surface area contributed by atoms with Gasteiger partial charge in [-0.1, -0.05) is 6.92 Å². The number of rotatable bonds is 4.